The number of carbonyl (C=O) groups excluding carboxylic acids is 1. The quantitative estimate of drug-likeness (QED) is 0.790. The van der Waals surface area contributed by atoms with Crippen molar-refractivity contribution >= 4 is 17.7 Å². The van der Waals surface area contributed by atoms with E-state index >= 15 is 0 Å². The van der Waals surface area contributed by atoms with Crippen LogP contribution in [0.5, 0.6) is 11.5 Å². The second-order valence-electron chi connectivity index (χ2n) is 4.80. The first-order valence-electron chi connectivity index (χ1n) is 7.53. The van der Waals surface area contributed by atoms with Crippen LogP contribution >= 0.6 is 0 Å². The van der Waals surface area contributed by atoms with Gasteiger partial charge in [-0.25, -0.2) is 0 Å². The molecule has 0 fully saturated rings. The Labute approximate surface area is 141 Å². The van der Waals surface area contributed by atoms with Crippen molar-refractivity contribution in [2.45, 2.75) is 6.92 Å². The van der Waals surface area contributed by atoms with E-state index in [4.69, 9.17) is 14.7 Å². The molecule has 2 aromatic rings. The molecule has 0 aromatic heterocycles. The summed E-state index contributed by atoms with van der Waals surface area (Å²) in [5.41, 5.74) is 1.56. The second kappa shape index (κ2) is 9.01. The highest BCUT2D eigenvalue weighted by Crippen LogP contribution is 2.16. The van der Waals surface area contributed by atoms with E-state index < -0.39 is 0 Å². The van der Waals surface area contributed by atoms with E-state index in [1.807, 2.05) is 37.3 Å². The Morgan fingerprint density at radius 3 is 2.33 bits per heavy atom. The van der Waals surface area contributed by atoms with Crippen molar-refractivity contribution in [3.05, 3.63) is 60.2 Å². The van der Waals surface area contributed by atoms with Crippen molar-refractivity contribution < 1.29 is 14.3 Å². The zero-order valence-electron chi connectivity index (χ0n) is 13.4. The fourth-order valence-electron chi connectivity index (χ4n) is 1.95. The SMILES string of the molecule is CCOc1ccc(/C=C/C(=O)Nc2ccc(OCC#N)cc2)cc1. The Morgan fingerprint density at radius 1 is 1.08 bits per heavy atom. The van der Waals surface area contributed by atoms with E-state index in [1.165, 1.54) is 6.08 Å². The number of amides is 1. The average Bonchev–Trinajstić information content (AvgIpc) is 2.61. The summed E-state index contributed by atoms with van der Waals surface area (Å²) in [6, 6.07) is 16.2. The number of rotatable bonds is 7. The van der Waals surface area contributed by atoms with E-state index in [0.717, 1.165) is 11.3 Å². The molecule has 0 bridgehead atoms. The van der Waals surface area contributed by atoms with Gasteiger partial charge in [0.1, 0.15) is 17.6 Å². The zero-order valence-corrected chi connectivity index (χ0v) is 13.4. The molecule has 0 spiro atoms. The summed E-state index contributed by atoms with van der Waals surface area (Å²) in [5.74, 6) is 1.16. The maximum atomic E-state index is 11.9. The molecule has 0 atom stereocenters. The number of hydrogen-bond acceptors (Lipinski definition) is 4. The van der Waals surface area contributed by atoms with Gasteiger partial charge in [-0.1, -0.05) is 12.1 Å². The fourth-order valence-corrected chi connectivity index (χ4v) is 1.95. The van der Waals surface area contributed by atoms with E-state index in [9.17, 15) is 4.79 Å². The molecule has 0 heterocycles. The van der Waals surface area contributed by atoms with Gasteiger partial charge in [-0.05, 0) is 55.0 Å². The lowest BCUT2D eigenvalue weighted by atomic mass is 10.2. The normalized spacial score (nSPS) is 10.2. The molecule has 0 aliphatic carbocycles. The predicted molar refractivity (Wildman–Crippen MR) is 92.8 cm³/mol. The summed E-state index contributed by atoms with van der Waals surface area (Å²) >= 11 is 0. The molecule has 122 valence electrons. The van der Waals surface area contributed by atoms with Crippen molar-refractivity contribution in [1.82, 2.24) is 0 Å². The number of ether oxygens (including phenoxy) is 2. The highest BCUT2D eigenvalue weighted by Gasteiger charge is 1.99. The number of benzene rings is 2. The number of anilines is 1. The molecular formula is C19H18N2O3. The molecule has 0 unspecified atom stereocenters. The third kappa shape index (κ3) is 5.50. The highest BCUT2D eigenvalue weighted by atomic mass is 16.5. The topological polar surface area (TPSA) is 71.3 Å². The van der Waals surface area contributed by atoms with Crippen LogP contribution < -0.4 is 14.8 Å². The Bertz CT molecular complexity index is 729. The van der Waals surface area contributed by atoms with Crippen LogP contribution in [0.4, 0.5) is 5.69 Å². The lowest BCUT2D eigenvalue weighted by Crippen LogP contribution is -2.07. The van der Waals surface area contributed by atoms with Gasteiger partial charge in [0.05, 0.1) is 6.61 Å². The highest BCUT2D eigenvalue weighted by molar-refractivity contribution is 6.01. The van der Waals surface area contributed by atoms with Crippen LogP contribution in [0.25, 0.3) is 6.08 Å². The molecule has 0 aliphatic heterocycles. The molecular weight excluding hydrogens is 304 g/mol. The van der Waals surface area contributed by atoms with Gasteiger partial charge in [0.15, 0.2) is 6.61 Å². The minimum absolute atomic E-state index is 0.00344. The number of hydrogen-bond donors (Lipinski definition) is 1. The summed E-state index contributed by atoms with van der Waals surface area (Å²) in [4.78, 5) is 11.9. The van der Waals surface area contributed by atoms with Crippen LogP contribution in [0.2, 0.25) is 0 Å². The van der Waals surface area contributed by atoms with Crippen molar-refractivity contribution in [1.29, 1.82) is 5.26 Å². The number of nitrogens with zero attached hydrogens (tertiary/aromatic N) is 1. The Balaban J connectivity index is 1.89. The monoisotopic (exact) mass is 322 g/mol. The van der Waals surface area contributed by atoms with Crippen molar-refractivity contribution in [2.24, 2.45) is 0 Å². The van der Waals surface area contributed by atoms with Crippen LogP contribution in [0.3, 0.4) is 0 Å². The van der Waals surface area contributed by atoms with Crippen molar-refractivity contribution in [3.63, 3.8) is 0 Å². The largest absolute Gasteiger partial charge is 0.494 e. The molecule has 24 heavy (non-hydrogen) atoms. The summed E-state index contributed by atoms with van der Waals surface area (Å²) in [5, 5.41) is 11.2. The van der Waals surface area contributed by atoms with Gasteiger partial charge in [-0.3, -0.25) is 4.79 Å². The van der Waals surface area contributed by atoms with Crippen LogP contribution in [-0.2, 0) is 4.79 Å². The summed E-state index contributed by atoms with van der Waals surface area (Å²) < 4.78 is 10.5. The van der Waals surface area contributed by atoms with Crippen LogP contribution in [0, 0.1) is 11.3 Å². The van der Waals surface area contributed by atoms with E-state index in [1.54, 1.807) is 30.3 Å². The molecule has 0 radical (unpaired) electrons. The smallest absolute Gasteiger partial charge is 0.248 e. The first kappa shape index (κ1) is 17.1. The third-order valence-corrected chi connectivity index (χ3v) is 3.04. The maximum absolute atomic E-state index is 11.9. The van der Waals surface area contributed by atoms with Crippen LogP contribution in [0.1, 0.15) is 12.5 Å². The molecule has 5 heteroatoms. The lowest BCUT2D eigenvalue weighted by Gasteiger charge is -2.05. The molecule has 0 saturated carbocycles. The predicted octanol–water partition coefficient (Wildman–Crippen LogP) is 3.64. The minimum Gasteiger partial charge on any atom is -0.494 e. The van der Waals surface area contributed by atoms with Gasteiger partial charge in [0.25, 0.3) is 0 Å². The van der Waals surface area contributed by atoms with Crippen molar-refractivity contribution in [3.8, 4) is 17.6 Å². The molecule has 5 nitrogen and oxygen atoms in total. The standard InChI is InChI=1S/C19H18N2O3/c1-2-23-17-8-3-15(4-9-17)5-12-19(22)21-16-6-10-18(11-7-16)24-14-13-20/h3-12H,2,14H2,1H3,(H,21,22)/b12-5+. The number of carbonyl (C=O) groups is 1. The third-order valence-electron chi connectivity index (χ3n) is 3.04. The second-order valence-corrected chi connectivity index (χ2v) is 4.80. The van der Waals surface area contributed by atoms with Gasteiger partial charge < -0.3 is 14.8 Å². The molecule has 2 rings (SSSR count). The van der Waals surface area contributed by atoms with E-state index in [0.29, 0.717) is 18.0 Å². The molecule has 1 N–H and O–H groups in total. The molecule has 1 amide bonds. The fraction of sp³-hybridized carbons (Fsp3) is 0.158. The van der Waals surface area contributed by atoms with Gasteiger partial charge in [0, 0.05) is 11.8 Å². The first-order chi connectivity index (χ1) is 11.7. The number of nitriles is 1. The van der Waals surface area contributed by atoms with Gasteiger partial charge in [-0.15, -0.1) is 0 Å². The summed E-state index contributed by atoms with van der Waals surface area (Å²) in [7, 11) is 0. The average molecular weight is 322 g/mol. The van der Waals surface area contributed by atoms with Crippen LogP contribution in [0.15, 0.2) is 54.6 Å². The molecule has 2 aromatic carbocycles. The van der Waals surface area contributed by atoms with Gasteiger partial charge in [0.2, 0.25) is 5.91 Å². The summed E-state index contributed by atoms with van der Waals surface area (Å²) in [6.45, 7) is 2.55. The Hall–Kier alpha value is -3.26. The van der Waals surface area contributed by atoms with Crippen LogP contribution in [-0.4, -0.2) is 19.1 Å². The van der Waals surface area contributed by atoms with Gasteiger partial charge >= 0.3 is 0 Å². The summed E-state index contributed by atoms with van der Waals surface area (Å²) in [6.07, 6.45) is 3.20. The lowest BCUT2D eigenvalue weighted by molar-refractivity contribution is -0.111. The molecule has 0 saturated heterocycles. The Kier molecular flexibility index (Phi) is 6.42. The van der Waals surface area contributed by atoms with E-state index in [-0.39, 0.29) is 12.5 Å². The Morgan fingerprint density at radius 2 is 1.71 bits per heavy atom. The van der Waals surface area contributed by atoms with E-state index in [2.05, 4.69) is 5.32 Å². The van der Waals surface area contributed by atoms with Crippen molar-refractivity contribution in [2.75, 3.05) is 18.5 Å². The van der Waals surface area contributed by atoms with Gasteiger partial charge in [-0.2, -0.15) is 5.26 Å². The zero-order chi connectivity index (χ0) is 17.2. The number of nitrogens with one attached hydrogen (secondary N) is 1. The molecule has 0 aliphatic rings. The minimum atomic E-state index is -0.227. The first-order valence-corrected chi connectivity index (χ1v) is 7.53. The maximum Gasteiger partial charge on any atom is 0.248 e.